The highest BCUT2D eigenvalue weighted by Gasteiger charge is 2.40. The number of aromatic nitrogens is 1. The van der Waals surface area contributed by atoms with Gasteiger partial charge in [-0.1, -0.05) is 12.5 Å². The third-order valence-corrected chi connectivity index (χ3v) is 5.95. The average molecular weight is 339 g/mol. The van der Waals surface area contributed by atoms with Crippen LogP contribution in [0.4, 0.5) is 5.69 Å². The van der Waals surface area contributed by atoms with Crippen LogP contribution in [0.3, 0.4) is 0 Å². The van der Waals surface area contributed by atoms with Crippen molar-refractivity contribution in [1.29, 1.82) is 0 Å². The van der Waals surface area contributed by atoms with Gasteiger partial charge < -0.3 is 15.5 Å². The number of hydrogen-bond donors (Lipinski definition) is 2. The lowest BCUT2D eigenvalue weighted by Crippen LogP contribution is -2.48. The van der Waals surface area contributed by atoms with E-state index in [1.165, 1.54) is 19.3 Å². The van der Waals surface area contributed by atoms with E-state index < -0.39 is 0 Å². The molecule has 0 spiro atoms. The van der Waals surface area contributed by atoms with E-state index in [0.717, 1.165) is 29.7 Å². The van der Waals surface area contributed by atoms with Gasteiger partial charge in [0.1, 0.15) is 6.26 Å². The third-order valence-electron chi connectivity index (χ3n) is 5.95. The number of rotatable bonds is 3. The fourth-order valence-corrected chi connectivity index (χ4v) is 4.53. The molecule has 25 heavy (non-hydrogen) atoms. The van der Waals surface area contributed by atoms with Gasteiger partial charge in [-0.2, -0.15) is 0 Å². The second kappa shape index (κ2) is 6.64. The molecule has 1 aromatic heterocycles. The van der Waals surface area contributed by atoms with Crippen LogP contribution in [0.5, 0.6) is 0 Å². The zero-order valence-electron chi connectivity index (χ0n) is 14.6. The Bertz CT molecular complexity index is 742. The van der Waals surface area contributed by atoms with Crippen LogP contribution in [0.1, 0.15) is 37.7 Å². The van der Waals surface area contributed by atoms with Gasteiger partial charge in [0, 0.05) is 23.2 Å². The van der Waals surface area contributed by atoms with Crippen molar-refractivity contribution in [2.45, 2.75) is 45.1 Å². The first-order chi connectivity index (χ1) is 12.1. The summed E-state index contributed by atoms with van der Waals surface area (Å²) in [6.45, 7) is 2.01. The number of hydrogen-bond acceptors (Lipinski definition) is 4. The van der Waals surface area contributed by atoms with Gasteiger partial charge in [-0.05, 0) is 62.1 Å². The zero-order valence-corrected chi connectivity index (χ0v) is 14.6. The molecule has 0 saturated heterocycles. The molecule has 2 unspecified atom stereocenters. The summed E-state index contributed by atoms with van der Waals surface area (Å²) in [4.78, 5) is 17.0. The van der Waals surface area contributed by atoms with E-state index >= 15 is 0 Å². The number of nitrogens with zero attached hydrogens (tertiary/aromatic N) is 1. The monoisotopic (exact) mass is 339 g/mol. The summed E-state index contributed by atoms with van der Waals surface area (Å²) in [5.41, 5.74) is 9.11. The Labute approximate surface area is 148 Å². The van der Waals surface area contributed by atoms with Crippen molar-refractivity contribution in [2.24, 2.45) is 23.5 Å². The maximum atomic E-state index is 12.8. The van der Waals surface area contributed by atoms with Gasteiger partial charge in [-0.3, -0.25) is 4.79 Å². The summed E-state index contributed by atoms with van der Waals surface area (Å²) in [5, 5.41) is 3.10. The van der Waals surface area contributed by atoms with Gasteiger partial charge in [-0.15, -0.1) is 0 Å². The Morgan fingerprint density at radius 2 is 2.04 bits per heavy atom. The number of nitrogens with one attached hydrogen (secondary N) is 1. The van der Waals surface area contributed by atoms with E-state index in [1.54, 1.807) is 12.5 Å². The van der Waals surface area contributed by atoms with Crippen LogP contribution in [-0.2, 0) is 4.79 Å². The van der Waals surface area contributed by atoms with Crippen molar-refractivity contribution < 1.29 is 9.21 Å². The first-order valence-corrected chi connectivity index (χ1v) is 9.19. The molecule has 5 nitrogen and oxygen atoms in total. The van der Waals surface area contributed by atoms with Crippen molar-refractivity contribution in [3.05, 3.63) is 36.2 Å². The van der Waals surface area contributed by atoms with Gasteiger partial charge in [0.2, 0.25) is 11.8 Å². The van der Waals surface area contributed by atoms with Crippen LogP contribution in [0.15, 0.2) is 35.1 Å². The zero-order chi connectivity index (χ0) is 17.4. The lowest BCUT2D eigenvalue weighted by atomic mass is 9.65. The molecule has 3 N–H and O–H groups in total. The molecular weight excluding hydrogens is 314 g/mol. The molecule has 2 aromatic rings. The fourth-order valence-electron chi connectivity index (χ4n) is 4.53. The summed E-state index contributed by atoms with van der Waals surface area (Å²) in [6.07, 6.45) is 8.62. The highest BCUT2D eigenvalue weighted by atomic mass is 16.3. The SMILES string of the molecule is Cc1ccc(NC(=O)C2CC3CCCC(C2)C3N)cc1-c1ncco1. The predicted molar refractivity (Wildman–Crippen MR) is 96.8 cm³/mol. The molecule has 2 aliphatic rings. The molecule has 2 saturated carbocycles. The molecule has 0 radical (unpaired) electrons. The maximum absolute atomic E-state index is 12.8. The molecule has 2 bridgehead atoms. The van der Waals surface area contributed by atoms with E-state index in [-0.39, 0.29) is 17.9 Å². The molecule has 1 aromatic carbocycles. The number of nitrogens with two attached hydrogens (primary N) is 1. The van der Waals surface area contributed by atoms with Crippen LogP contribution in [0.25, 0.3) is 11.5 Å². The largest absolute Gasteiger partial charge is 0.445 e. The second-order valence-corrected chi connectivity index (χ2v) is 7.55. The fraction of sp³-hybridized carbons (Fsp3) is 0.500. The Morgan fingerprint density at radius 1 is 1.28 bits per heavy atom. The predicted octanol–water partition coefficient (Wildman–Crippen LogP) is 3.74. The van der Waals surface area contributed by atoms with Gasteiger partial charge in [0.25, 0.3) is 0 Å². The number of anilines is 1. The smallest absolute Gasteiger partial charge is 0.227 e. The minimum atomic E-state index is 0.0709. The summed E-state index contributed by atoms with van der Waals surface area (Å²) in [6, 6.07) is 6.15. The standard InChI is InChI=1S/C20H25N3O2/c1-12-5-6-16(11-17(12)20-22-7-8-25-20)23-19(24)15-9-13-3-2-4-14(10-15)18(13)21/h5-8,11,13-15,18H,2-4,9-10,21H2,1H3,(H,23,24). The van der Waals surface area contributed by atoms with Crippen molar-refractivity contribution >= 4 is 11.6 Å². The number of carbonyl (C=O) groups excluding carboxylic acids is 1. The Kier molecular flexibility index (Phi) is 4.34. The summed E-state index contributed by atoms with van der Waals surface area (Å²) < 4.78 is 5.40. The van der Waals surface area contributed by atoms with Crippen LogP contribution in [0.2, 0.25) is 0 Å². The van der Waals surface area contributed by atoms with E-state index in [4.69, 9.17) is 10.2 Å². The molecular formula is C20H25N3O2. The van der Waals surface area contributed by atoms with Crippen molar-refractivity contribution in [2.75, 3.05) is 5.32 Å². The Hall–Kier alpha value is -2.14. The molecule has 4 rings (SSSR count). The molecule has 5 heteroatoms. The highest BCUT2D eigenvalue weighted by molar-refractivity contribution is 5.93. The number of fused-ring (bicyclic) bond motifs is 2. The average Bonchev–Trinajstić information content (AvgIpc) is 3.10. The number of carbonyl (C=O) groups is 1. The summed E-state index contributed by atoms with van der Waals surface area (Å²) in [7, 11) is 0. The summed E-state index contributed by atoms with van der Waals surface area (Å²) in [5.74, 6) is 1.77. The third kappa shape index (κ3) is 3.21. The van der Waals surface area contributed by atoms with E-state index in [1.807, 2.05) is 25.1 Å². The van der Waals surface area contributed by atoms with Crippen LogP contribution < -0.4 is 11.1 Å². The number of amides is 1. The van der Waals surface area contributed by atoms with Gasteiger partial charge in [-0.25, -0.2) is 4.98 Å². The van der Waals surface area contributed by atoms with E-state index in [0.29, 0.717) is 17.7 Å². The van der Waals surface area contributed by atoms with Crippen LogP contribution >= 0.6 is 0 Å². The highest BCUT2D eigenvalue weighted by Crippen LogP contribution is 2.42. The minimum Gasteiger partial charge on any atom is -0.445 e. The number of oxazole rings is 1. The van der Waals surface area contributed by atoms with Crippen molar-refractivity contribution in [1.82, 2.24) is 4.98 Å². The molecule has 1 heterocycles. The lowest BCUT2D eigenvalue weighted by molar-refractivity contribution is -0.122. The quantitative estimate of drug-likeness (QED) is 0.892. The topological polar surface area (TPSA) is 81.2 Å². The number of benzene rings is 1. The van der Waals surface area contributed by atoms with Crippen LogP contribution in [0, 0.1) is 24.7 Å². The molecule has 2 atom stereocenters. The molecule has 0 aliphatic heterocycles. The van der Waals surface area contributed by atoms with Crippen molar-refractivity contribution in [3.8, 4) is 11.5 Å². The van der Waals surface area contributed by atoms with Crippen molar-refractivity contribution in [3.63, 3.8) is 0 Å². The van der Waals surface area contributed by atoms with E-state index in [9.17, 15) is 4.79 Å². The molecule has 2 aliphatic carbocycles. The van der Waals surface area contributed by atoms with E-state index in [2.05, 4.69) is 10.3 Å². The molecule has 1 amide bonds. The first-order valence-electron chi connectivity index (χ1n) is 9.19. The Balaban J connectivity index is 1.49. The molecule has 132 valence electrons. The second-order valence-electron chi connectivity index (χ2n) is 7.55. The Morgan fingerprint density at radius 3 is 2.72 bits per heavy atom. The number of aryl methyl sites for hydroxylation is 1. The molecule has 2 fully saturated rings. The maximum Gasteiger partial charge on any atom is 0.227 e. The van der Waals surface area contributed by atoms with Gasteiger partial charge in [0.05, 0.1) is 6.20 Å². The minimum absolute atomic E-state index is 0.0709. The lowest BCUT2D eigenvalue weighted by Gasteiger charge is -2.43. The summed E-state index contributed by atoms with van der Waals surface area (Å²) >= 11 is 0. The van der Waals surface area contributed by atoms with Gasteiger partial charge >= 0.3 is 0 Å². The first kappa shape index (κ1) is 16.3. The van der Waals surface area contributed by atoms with Gasteiger partial charge in [0.15, 0.2) is 0 Å². The normalized spacial score (nSPS) is 28.6. The van der Waals surface area contributed by atoms with Crippen LogP contribution in [-0.4, -0.2) is 16.9 Å².